The van der Waals surface area contributed by atoms with Gasteiger partial charge in [-0.05, 0) is 38.3 Å². The lowest BCUT2D eigenvalue weighted by atomic mass is 9.74. The quantitative estimate of drug-likeness (QED) is 0.630. The predicted molar refractivity (Wildman–Crippen MR) is 104 cm³/mol. The molecule has 1 aliphatic carbocycles. The largest absolute Gasteiger partial charge is 0.462 e. The molecule has 1 aromatic heterocycles. The van der Waals surface area contributed by atoms with Crippen LogP contribution < -0.4 is 5.73 Å². The van der Waals surface area contributed by atoms with Crippen LogP contribution in [0.3, 0.4) is 0 Å². The number of benzene rings is 1. The molecule has 136 valence electrons. The molecule has 2 aromatic rings. The van der Waals surface area contributed by atoms with Crippen molar-refractivity contribution in [3.63, 3.8) is 0 Å². The highest BCUT2D eigenvalue weighted by Gasteiger charge is 2.40. The number of carbonyl (C=O) groups excluding carboxylic acids is 1. The van der Waals surface area contributed by atoms with Gasteiger partial charge in [-0.15, -0.1) is 12.4 Å². The standard InChI is InChI=1S/C17H17Cl3N2O2.ClH/c1-2-24-16(23)14-10(8-22-15(14)17(21)4-3-5-17)13-11(19)6-9(18)7-12(13)20;/h6-8,22H,2-5,21H2,1H3;1H. The summed E-state index contributed by atoms with van der Waals surface area (Å²) < 4.78 is 5.23. The van der Waals surface area contributed by atoms with Crippen molar-refractivity contribution in [2.45, 2.75) is 31.7 Å². The van der Waals surface area contributed by atoms with Crippen LogP contribution >= 0.6 is 47.2 Å². The van der Waals surface area contributed by atoms with E-state index in [4.69, 9.17) is 45.3 Å². The second kappa shape index (κ2) is 7.77. The molecule has 1 fully saturated rings. The maximum absolute atomic E-state index is 12.6. The van der Waals surface area contributed by atoms with E-state index in [0.717, 1.165) is 19.3 Å². The lowest BCUT2D eigenvalue weighted by molar-refractivity contribution is 0.0521. The molecule has 4 nitrogen and oxygen atoms in total. The van der Waals surface area contributed by atoms with Crippen molar-refractivity contribution in [1.82, 2.24) is 4.98 Å². The Balaban J connectivity index is 0.00000225. The lowest BCUT2D eigenvalue weighted by Crippen LogP contribution is -2.44. The van der Waals surface area contributed by atoms with Gasteiger partial charge in [0.05, 0.1) is 33.4 Å². The van der Waals surface area contributed by atoms with Crippen molar-refractivity contribution in [2.75, 3.05) is 6.61 Å². The highest BCUT2D eigenvalue weighted by atomic mass is 35.5. The number of hydrogen-bond donors (Lipinski definition) is 2. The SMILES string of the molecule is CCOC(=O)c1c(-c2c(Cl)cc(Cl)cc2Cl)c[nH]c1C1(N)CCC1.Cl. The summed E-state index contributed by atoms with van der Waals surface area (Å²) in [6.45, 7) is 2.02. The Morgan fingerprint density at radius 3 is 2.36 bits per heavy atom. The third kappa shape index (κ3) is 3.64. The minimum Gasteiger partial charge on any atom is -0.462 e. The molecule has 3 N–H and O–H groups in total. The van der Waals surface area contributed by atoms with Gasteiger partial charge in [0.2, 0.25) is 0 Å². The molecule has 0 unspecified atom stereocenters. The van der Waals surface area contributed by atoms with Crippen LogP contribution in [0.15, 0.2) is 18.3 Å². The zero-order valence-electron chi connectivity index (χ0n) is 13.5. The van der Waals surface area contributed by atoms with E-state index >= 15 is 0 Å². The Kier molecular flexibility index (Phi) is 6.34. The van der Waals surface area contributed by atoms with E-state index in [1.165, 1.54) is 0 Å². The van der Waals surface area contributed by atoms with E-state index in [1.807, 2.05) is 0 Å². The van der Waals surface area contributed by atoms with E-state index in [0.29, 0.717) is 37.5 Å². The van der Waals surface area contributed by atoms with Crippen LogP contribution in [0.5, 0.6) is 0 Å². The molecule has 1 heterocycles. The molecule has 0 saturated heterocycles. The van der Waals surface area contributed by atoms with Crippen LogP contribution in [0.25, 0.3) is 11.1 Å². The third-order valence-corrected chi connectivity index (χ3v) is 5.19. The molecule has 0 aliphatic heterocycles. The molecule has 0 bridgehead atoms. The molecule has 25 heavy (non-hydrogen) atoms. The lowest BCUT2D eigenvalue weighted by Gasteiger charge is -2.38. The van der Waals surface area contributed by atoms with Crippen LogP contribution in [0.2, 0.25) is 15.1 Å². The van der Waals surface area contributed by atoms with E-state index in [-0.39, 0.29) is 19.0 Å². The van der Waals surface area contributed by atoms with Crippen LogP contribution in [0.1, 0.15) is 42.2 Å². The summed E-state index contributed by atoms with van der Waals surface area (Å²) in [5.74, 6) is -0.442. The summed E-state index contributed by atoms with van der Waals surface area (Å²) in [7, 11) is 0. The maximum atomic E-state index is 12.6. The minimum absolute atomic E-state index is 0. The Labute approximate surface area is 167 Å². The van der Waals surface area contributed by atoms with Crippen LogP contribution in [-0.4, -0.2) is 17.6 Å². The van der Waals surface area contributed by atoms with Gasteiger partial charge < -0.3 is 15.5 Å². The molecule has 3 rings (SSSR count). The summed E-state index contributed by atoms with van der Waals surface area (Å²) in [6.07, 6.45) is 4.34. The highest BCUT2D eigenvalue weighted by molar-refractivity contribution is 6.42. The Morgan fingerprint density at radius 1 is 1.28 bits per heavy atom. The summed E-state index contributed by atoms with van der Waals surface area (Å²) >= 11 is 18.6. The molecular weight excluding hydrogens is 406 g/mol. The van der Waals surface area contributed by atoms with Crippen molar-refractivity contribution in [3.05, 3.63) is 44.7 Å². The number of nitrogens with two attached hydrogens (primary N) is 1. The molecule has 0 radical (unpaired) electrons. The van der Waals surface area contributed by atoms with Crippen molar-refractivity contribution in [3.8, 4) is 11.1 Å². The molecule has 0 spiro atoms. The number of aromatic amines is 1. The van der Waals surface area contributed by atoms with Crippen molar-refractivity contribution >= 4 is 53.2 Å². The number of nitrogens with one attached hydrogen (secondary N) is 1. The normalized spacial score (nSPS) is 15.2. The maximum Gasteiger partial charge on any atom is 0.340 e. The zero-order chi connectivity index (χ0) is 17.5. The van der Waals surface area contributed by atoms with Gasteiger partial charge in [-0.2, -0.15) is 0 Å². The first-order valence-electron chi connectivity index (χ1n) is 7.70. The predicted octanol–water partition coefficient (Wildman–Crippen LogP) is 5.58. The molecule has 8 heteroatoms. The molecule has 1 aromatic carbocycles. The van der Waals surface area contributed by atoms with Gasteiger partial charge in [0.25, 0.3) is 0 Å². The fourth-order valence-corrected chi connectivity index (χ4v) is 4.06. The van der Waals surface area contributed by atoms with E-state index in [2.05, 4.69) is 4.98 Å². The van der Waals surface area contributed by atoms with Gasteiger partial charge in [-0.25, -0.2) is 4.79 Å². The number of hydrogen-bond acceptors (Lipinski definition) is 3. The Bertz CT molecular complexity index is 777. The number of aromatic nitrogens is 1. The minimum atomic E-state index is -0.550. The average Bonchev–Trinajstić information content (AvgIpc) is 2.89. The fourth-order valence-electron chi connectivity index (χ4n) is 3.04. The monoisotopic (exact) mass is 422 g/mol. The first-order chi connectivity index (χ1) is 11.4. The summed E-state index contributed by atoms with van der Waals surface area (Å²) in [5.41, 5.74) is 8.05. The van der Waals surface area contributed by atoms with Crippen molar-refractivity contribution in [2.24, 2.45) is 5.73 Å². The zero-order valence-corrected chi connectivity index (χ0v) is 16.6. The summed E-state index contributed by atoms with van der Waals surface area (Å²) in [4.78, 5) is 15.7. The van der Waals surface area contributed by atoms with Crippen molar-refractivity contribution < 1.29 is 9.53 Å². The Morgan fingerprint density at radius 2 is 1.88 bits per heavy atom. The van der Waals surface area contributed by atoms with Gasteiger partial charge in [-0.3, -0.25) is 0 Å². The van der Waals surface area contributed by atoms with E-state index in [9.17, 15) is 4.79 Å². The van der Waals surface area contributed by atoms with Crippen molar-refractivity contribution in [1.29, 1.82) is 0 Å². The van der Waals surface area contributed by atoms with E-state index in [1.54, 1.807) is 25.3 Å². The molecule has 0 atom stereocenters. The summed E-state index contributed by atoms with van der Waals surface area (Å²) in [6, 6.07) is 3.18. The number of halogens is 4. The first kappa shape index (κ1) is 20.4. The smallest absolute Gasteiger partial charge is 0.340 e. The van der Waals surface area contributed by atoms with Gasteiger partial charge in [0.15, 0.2) is 0 Å². The number of esters is 1. The first-order valence-corrected chi connectivity index (χ1v) is 8.83. The van der Waals surface area contributed by atoms with Gasteiger partial charge in [0.1, 0.15) is 0 Å². The van der Waals surface area contributed by atoms with Crippen LogP contribution in [0.4, 0.5) is 0 Å². The molecule has 1 saturated carbocycles. The topological polar surface area (TPSA) is 68.1 Å². The number of H-pyrrole nitrogens is 1. The summed E-state index contributed by atoms with van der Waals surface area (Å²) in [5, 5.41) is 1.16. The highest BCUT2D eigenvalue weighted by Crippen LogP contribution is 2.45. The average molecular weight is 424 g/mol. The second-order valence-electron chi connectivity index (χ2n) is 5.93. The van der Waals surface area contributed by atoms with Gasteiger partial charge >= 0.3 is 5.97 Å². The fraction of sp³-hybridized carbons (Fsp3) is 0.353. The molecule has 1 aliphatic rings. The van der Waals surface area contributed by atoms with Gasteiger partial charge in [-0.1, -0.05) is 34.8 Å². The van der Waals surface area contributed by atoms with Crippen LogP contribution in [-0.2, 0) is 10.3 Å². The number of carbonyl (C=O) groups is 1. The molecular formula is C17H18Cl4N2O2. The third-order valence-electron chi connectivity index (χ3n) is 4.38. The Hall–Kier alpha value is -0.910. The van der Waals surface area contributed by atoms with Gasteiger partial charge in [0, 0.05) is 22.3 Å². The van der Waals surface area contributed by atoms with Crippen LogP contribution in [0, 0.1) is 0 Å². The number of rotatable bonds is 4. The molecule has 0 amide bonds. The number of ether oxygens (including phenoxy) is 1. The van der Waals surface area contributed by atoms with E-state index < -0.39 is 11.5 Å². The second-order valence-corrected chi connectivity index (χ2v) is 7.18.